The minimum absolute atomic E-state index is 0.158. The molecule has 1 N–H and O–H groups in total. The van der Waals surface area contributed by atoms with Gasteiger partial charge in [-0.3, -0.25) is 4.79 Å². The van der Waals surface area contributed by atoms with Crippen molar-refractivity contribution in [3.05, 3.63) is 0 Å². The zero-order valence-electron chi connectivity index (χ0n) is 13.1. The lowest BCUT2D eigenvalue weighted by Gasteiger charge is -2.28. The number of amides is 1. The highest BCUT2D eigenvalue weighted by Crippen LogP contribution is 2.47. The molecule has 1 aliphatic carbocycles. The van der Waals surface area contributed by atoms with Gasteiger partial charge in [0.05, 0.1) is 11.6 Å². The summed E-state index contributed by atoms with van der Waals surface area (Å²) in [7, 11) is -1.09. The van der Waals surface area contributed by atoms with Crippen molar-refractivity contribution in [1.82, 2.24) is 9.03 Å². The van der Waals surface area contributed by atoms with Gasteiger partial charge in [-0.1, -0.05) is 25.9 Å². The zero-order valence-corrected chi connectivity index (χ0v) is 14.0. The molecule has 1 saturated carbocycles. The molecule has 0 aromatic heterocycles. The molecular formula is C13H23N3O4S. The van der Waals surface area contributed by atoms with Crippen molar-refractivity contribution in [2.45, 2.75) is 45.6 Å². The molecule has 7 nitrogen and oxygen atoms in total. The smallest absolute Gasteiger partial charge is 0.303 e. The van der Waals surface area contributed by atoms with Crippen LogP contribution < -0.4 is 4.72 Å². The fraction of sp³-hybridized carbons (Fsp3) is 0.846. The molecule has 21 heavy (non-hydrogen) atoms. The maximum atomic E-state index is 12.5. The number of hydrogen-bond acceptors (Lipinski definition) is 5. The van der Waals surface area contributed by atoms with Crippen LogP contribution in [0.3, 0.4) is 0 Å². The summed E-state index contributed by atoms with van der Waals surface area (Å²) in [6.07, 6.45) is 2.08. The maximum Gasteiger partial charge on any atom is 0.303 e. The molecule has 0 saturated heterocycles. The Balaban J connectivity index is 2.26. The fourth-order valence-electron chi connectivity index (χ4n) is 2.90. The first-order valence-electron chi connectivity index (χ1n) is 7.02. The van der Waals surface area contributed by atoms with E-state index < -0.39 is 21.7 Å². The highest BCUT2D eigenvalue weighted by atomic mass is 32.2. The highest BCUT2D eigenvalue weighted by molar-refractivity contribution is 7.87. The van der Waals surface area contributed by atoms with Gasteiger partial charge >= 0.3 is 10.2 Å². The third-order valence-corrected chi connectivity index (χ3v) is 5.50. The summed E-state index contributed by atoms with van der Waals surface area (Å²) in [5, 5.41) is 4.11. The molecule has 1 aliphatic heterocycles. The van der Waals surface area contributed by atoms with E-state index in [-0.39, 0.29) is 11.3 Å². The Kier molecular flexibility index (Phi) is 3.82. The second kappa shape index (κ2) is 4.95. The Hall–Kier alpha value is -1.15. The van der Waals surface area contributed by atoms with Crippen LogP contribution in [-0.4, -0.2) is 44.0 Å². The molecule has 0 aromatic rings. The fourth-order valence-corrected chi connectivity index (χ4v) is 3.49. The van der Waals surface area contributed by atoms with Crippen molar-refractivity contribution in [1.29, 1.82) is 0 Å². The lowest BCUT2D eigenvalue weighted by molar-refractivity contribution is -0.144. The molecule has 0 bridgehead atoms. The van der Waals surface area contributed by atoms with E-state index in [9.17, 15) is 13.2 Å². The normalized spacial score (nSPS) is 29.0. The molecule has 2 aliphatic rings. The van der Waals surface area contributed by atoms with Crippen molar-refractivity contribution in [3.63, 3.8) is 0 Å². The Morgan fingerprint density at radius 2 is 2.05 bits per heavy atom. The molecule has 0 aromatic carbocycles. The summed E-state index contributed by atoms with van der Waals surface area (Å²) in [6, 6.07) is 0. The van der Waals surface area contributed by atoms with Gasteiger partial charge in [0.1, 0.15) is 0 Å². The van der Waals surface area contributed by atoms with Crippen molar-refractivity contribution >= 4 is 21.8 Å². The molecule has 0 spiro atoms. The van der Waals surface area contributed by atoms with Crippen LogP contribution in [0.2, 0.25) is 0 Å². The molecule has 2 unspecified atom stereocenters. The monoisotopic (exact) mass is 317 g/mol. The standard InChI is InChI=1S/C13H23N3O4S/c1-12(2,3)10-9-7-6-8-13(9,20-14-10)11(17)15-21(18,19)16(4)5/h9H,6-8H2,1-5H3,(H,15,17). The zero-order chi connectivity index (χ0) is 16.1. The number of fused-ring (bicyclic) bond motifs is 1. The predicted octanol–water partition coefficient (Wildman–Crippen LogP) is 0.880. The van der Waals surface area contributed by atoms with Gasteiger partial charge in [0, 0.05) is 19.5 Å². The maximum absolute atomic E-state index is 12.5. The first kappa shape index (κ1) is 16.2. The minimum Gasteiger partial charge on any atom is -0.378 e. The minimum atomic E-state index is -3.83. The van der Waals surface area contributed by atoms with E-state index in [2.05, 4.69) is 9.88 Å². The van der Waals surface area contributed by atoms with Gasteiger partial charge < -0.3 is 4.84 Å². The second-order valence-electron chi connectivity index (χ2n) is 6.87. The molecule has 120 valence electrons. The van der Waals surface area contributed by atoms with Crippen LogP contribution in [0.25, 0.3) is 0 Å². The number of hydrogen-bond donors (Lipinski definition) is 1. The van der Waals surface area contributed by atoms with Crippen LogP contribution in [0.15, 0.2) is 5.16 Å². The average Bonchev–Trinajstić information content (AvgIpc) is 2.83. The molecule has 1 fully saturated rings. The summed E-state index contributed by atoms with van der Waals surface area (Å²) >= 11 is 0. The number of carbonyl (C=O) groups excluding carboxylic acids is 1. The van der Waals surface area contributed by atoms with Gasteiger partial charge in [-0.25, -0.2) is 4.72 Å². The lowest BCUT2D eigenvalue weighted by atomic mass is 9.76. The van der Waals surface area contributed by atoms with Crippen molar-refractivity contribution in [2.75, 3.05) is 14.1 Å². The van der Waals surface area contributed by atoms with Crippen molar-refractivity contribution < 1.29 is 18.0 Å². The van der Waals surface area contributed by atoms with Crippen LogP contribution in [0, 0.1) is 11.3 Å². The van der Waals surface area contributed by atoms with E-state index in [1.165, 1.54) is 14.1 Å². The predicted molar refractivity (Wildman–Crippen MR) is 78.8 cm³/mol. The molecular weight excluding hydrogens is 294 g/mol. The van der Waals surface area contributed by atoms with E-state index >= 15 is 0 Å². The van der Waals surface area contributed by atoms with Crippen molar-refractivity contribution in [3.8, 4) is 0 Å². The van der Waals surface area contributed by atoms with Gasteiger partial charge in [0.15, 0.2) is 0 Å². The Bertz CT molecular complexity index is 577. The van der Waals surface area contributed by atoms with Gasteiger partial charge in [0.2, 0.25) is 5.60 Å². The average molecular weight is 317 g/mol. The summed E-state index contributed by atoms with van der Waals surface area (Å²) in [5.74, 6) is -0.781. The van der Waals surface area contributed by atoms with E-state index in [1.807, 2.05) is 20.8 Å². The first-order valence-corrected chi connectivity index (χ1v) is 8.46. The van der Waals surface area contributed by atoms with Crippen molar-refractivity contribution in [2.24, 2.45) is 16.5 Å². The largest absolute Gasteiger partial charge is 0.378 e. The molecule has 2 rings (SSSR count). The molecule has 8 heteroatoms. The van der Waals surface area contributed by atoms with Crippen LogP contribution >= 0.6 is 0 Å². The van der Waals surface area contributed by atoms with Gasteiger partial charge in [0.25, 0.3) is 5.91 Å². The van der Waals surface area contributed by atoms with E-state index in [4.69, 9.17) is 4.84 Å². The summed E-state index contributed by atoms with van der Waals surface area (Å²) in [6.45, 7) is 6.04. The highest BCUT2D eigenvalue weighted by Gasteiger charge is 2.59. The summed E-state index contributed by atoms with van der Waals surface area (Å²) < 4.78 is 26.8. The molecule has 1 heterocycles. The van der Waals surface area contributed by atoms with Gasteiger partial charge in [-0.2, -0.15) is 12.7 Å². The van der Waals surface area contributed by atoms with Crippen LogP contribution in [-0.2, 0) is 19.8 Å². The molecule has 2 atom stereocenters. The topological polar surface area (TPSA) is 88.1 Å². The first-order chi connectivity index (χ1) is 9.51. The third-order valence-electron chi connectivity index (χ3n) is 4.10. The molecule has 0 radical (unpaired) electrons. The third kappa shape index (κ3) is 2.66. The SMILES string of the molecule is CN(C)S(=O)(=O)NC(=O)C12CCCC1C(C(C)(C)C)=NO2. The van der Waals surface area contributed by atoms with Gasteiger partial charge in [-0.15, -0.1) is 0 Å². The number of rotatable bonds is 3. The number of nitrogens with one attached hydrogen (secondary N) is 1. The quantitative estimate of drug-likeness (QED) is 0.837. The number of nitrogens with zero attached hydrogens (tertiary/aromatic N) is 2. The Morgan fingerprint density at radius 3 is 2.57 bits per heavy atom. The lowest BCUT2D eigenvalue weighted by Crippen LogP contribution is -2.54. The van der Waals surface area contributed by atoms with E-state index in [0.717, 1.165) is 22.9 Å². The Morgan fingerprint density at radius 1 is 1.43 bits per heavy atom. The Labute approximate surface area is 125 Å². The van der Waals surface area contributed by atoms with Gasteiger partial charge in [-0.05, 0) is 19.3 Å². The number of oxime groups is 1. The molecule has 1 amide bonds. The summed E-state index contributed by atoms with van der Waals surface area (Å²) in [5.41, 5.74) is -0.555. The second-order valence-corrected chi connectivity index (χ2v) is 8.76. The van der Waals surface area contributed by atoms with E-state index in [0.29, 0.717) is 6.42 Å². The van der Waals surface area contributed by atoms with Crippen LogP contribution in [0.5, 0.6) is 0 Å². The number of carbonyl (C=O) groups is 1. The van der Waals surface area contributed by atoms with Crippen LogP contribution in [0.4, 0.5) is 0 Å². The van der Waals surface area contributed by atoms with E-state index in [1.54, 1.807) is 0 Å². The summed E-state index contributed by atoms with van der Waals surface area (Å²) in [4.78, 5) is 18.0. The van der Waals surface area contributed by atoms with Crippen LogP contribution in [0.1, 0.15) is 40.0 Å².